The second-order valence-electron chi connectivity index (χ2n) is 4.46. The minimum atomic E-state index is -1.79. The van der Waals surface area contributed by atoms with Gasteiger partial charge in [-0.2, -0.15) is 4.98 Å². The van der Waals surface area contributed by atoms with Gasteiger partial charge in [0.1, 0.15) is 12.2 Å². The van der Waals surface area contributed by atoms with Crippen molar-refractivity contribution in [3.8, 4) is 0 Å². The van der Waals surface area contributed by atoms with Gasteiger partial charge in [0.2, 0.25) is 5.95 Å². The molecule has 1 aliphatic rings. The molecule has 10 heteroatoms. The van der Waals surface area contributed by atoms with Crippen molar-refractivity contribution < 1.29 is 19.3 Å². The Morgan fingerprint density at radius 2 is 2.35 bits per heavy atom. The van der Waals surface area contributed by atoms with E-state index in [4.69, 9.17) is 15.6 Å². The zero-order valence-corrected chi connectivity index (χ0v) is 10.1. The zero-order valence-electron chi connectivity index (χ0n) is 10.1. The first-order chi connectivity index (χ1) is 9.52. The van der Waals surface area contributed by atoms with E-state index in [1.807, 2.05) is 0 Å². The average Bonchev–Trinajstić information content (AvgIpc) is 2.93. The number of halogens is 1. The van der Waals surface area contributed by atoms with Crippen LogP contribution in [0.1, 0.15) is 6.23 Å². The van der Waals surface area contributed by atoms with Crippen LogP contribution in [0.2, 0.25) is 0 Å². The molecular weight excluding hydrogens is 273 g/mol. The Kier molecular flexibility index (Phi) is 2.92. The summed E-state index contributed by atoms with van der Waals surface area (Å²) < 4.78 is 20.4. The molecule has 2 aromatic heterocycles. The fourth-order valence-corrected chi connectivity index (χ4v) is 2.21. The Bertz CT molecular complexity index is 701. The number of alkyl halides is 1. The van der Waals surface area contributed by atoms with Crippen molar-refractivity contribution in [2.45, 2.75) is 24.6 Å². The molecule has 1 fully saturated rings. The minimum Gasteiger partial charge on any atom is -0.394 e. The lowest BCUT2D eigenvalue weighted by Gasteiger charge is -2.14. The molecule has 1 saturated heterocycles. The molecule has 0 saturated carbocycles. The molecule has 9 nitrogen and oxygen atoms in total. The number of aromatic amines is 1. The van der Waals surface area contributed by atoms with E-state index in [0.717, 1.165) is 0 Å². The number of nitrogens with one attached hydrogen (secondary N) is 1. The van der Waals surface area contributed by atoms with Crippen LogP contribution in [0.3, 0.4) is 0 Å². The van der Waals surface area contributed by atoms with Gasteiger partial charge in [-0.05, 0) is 0 Å². The Balaban J connectivity index is 2.09. The smallest absolute Gasteiger partial charge is 0.280 e. The number of anilines is 1. The van der Waals surface area contributed by atoms with Crippen LogP contribution >= 0.6 is 0 Å². The number of ether oxygens (including phenoxy) is 1. The van der Waals surface area contributed by atoms with Crippen LogP contribution in [0.4, 0.5) is 10.3 Å². The Labute approximate surface area is 110 Å². The van der Waals surface area contributed by atoms with Crippen LogP contribution in [-0.4, -0.2) is 54.7 Å². The highest BCUT2D eigenvalue weighted by atomic mass is 19.1. The first-order valence-corrected chi connectivity index (χ1v) is 5.83. The monoisotopic (exact) mass is 285 g/mol. The van der Waals surface area contributed by atoms with Crippen molar-refractivity contribution in [2.24, 2.45) is 0 Å². The van der Waals surface area contributed by atoms with Gasteiger partial charge in [-0.25, -0.2) is 9.37 Å². The zero-order chi connectivity index (χ0) is 14.4. The number of rotatable bonds is 2. The first-order valence-electron chi connectivity index (χ1n) is 5.83. The molecule has 0 aliphatic carbocycles. The second kappa shape index (κ2) is 4.51. The number of hydrogen-bond acceptors (Lipinski definition) is 7. The summed E-state index contributed by atoms with van der Waals surface area (Å²) in [5.41, 5.74) is 4.91. The number of aromatic nitrogens is 4. The van der Waals surface area contributed by atoms with Gasteiger partial charge in [-0.15, -0.1) is 0 Å². The van der Waals surface area contributed by atoms with Gasteiger partial charge in [-0.1, -0.05) is 0 Å². The normalized spacial score (nSPS) is 30.1. The van der Waals surface area contributed by atoms with Gasteiger partial charge in [0.05, 0.1) is 12.9 Å². The van der Waals surface area contributed by atoms with Gasteiger partial charge >= 0.3 is 0 Å². The number of imidazole rings is 1. The second-order valence-corrected chi connectivity index (χ2v) is 4.46. The van der Waals surface area contributed by atoms with E-state index in [0.29, 0.717) is 0 Å². The quantitative estimate of drug-likeness (QED) is 0.515. The fraction of sp³-hybridized carbons (Fsp3) is 0.500. The molecular formula is C10H12FN5O4. The van der Waals surface area contributed by atoms with E-state index < -0.39 is 36.8 Å². The average molecular weight is 285 g/mol. The standard InChI is InChI=1S/C10H12FN5O4/c11-4-6(18)3(1-17)20-9(4)16-2-13-5-7(16)14-10(12)15-8(5)19/h2-4,6,9,17-18H,1H2,(H3,12,14,15,19)/t3-,4+,6-,9?/m0/s1. The predicted octanol–water partition coefficient (Wildman–Crippen LogP) is -1.71. The number of hydrogen-bond donors (Lipinski definition) is 4. The first kappa shape index (κ1) is 13.0. The summed E-state index contributed by atoms with van der Waals surface area (Å²) in [7, 11) is 0. The largest absolute Gasteiger partial charge is 0.394 e. The lowest BCUT2D eigenvalue weighted by Crippen LogP contribution is -2.30. The number of nitrogens with zero attached hydrogens (tertiary/aromatic N) is 3. The van der Waals surface area contributed by atoms with Crippen LogP contribution in [0, 0.1) is 0 Å². The fourth-order valence-electron chi connectivity index (χ4n) is 2.21. The van der Waals surface area contributed by atoms with Crippen molar-refractivity contribution >= 4 is 17.1 Å². The summed E-state index contributed by atoms with van der Waals surface area (Å²) in [5, 5.41) is 18.6. The van der Waals surface area contributed by atoms with Crippen LogP contribution in [0.5, 0.6) is 0 Å². The number of H-pyrrole nitrogens is 1. The molecule has 108 valence electrons. The van der Waals surface area contributed by atoms with E-state index >= 15 is 0 Å². The van der Waals surface area contributed by atoms with Gasteiger partial charge in [0, 0.05) is 0 Å². The van der Waals surface area contributed by atoms with Crippen LogP contribution in [0.25, 0.3) is 11.2 Å². The molecule has 4 atom stereocenters. The van der Waals surface area contributed by atoms with Crippen LogP contribution < -0.4 is 11.3 Å². The Hall–Kier alpha value is -2.04. The molecule has 0 aromatic carbocycles. The summed E-state index contributed by atoms with van der Waals surface area (Å²) in [5.74, 6) is -0.142. The van der Waals surface area contributed by atoms with E-state index in [-0.39, 0.29) is 17.1 Å². The van der Waals surface area contributed by atoms with Gasteiger partial charge in [-0.3, -0.25) is 14.3 Å². The van der Waals surface area contributed by atoms with Crippen LogP contribution in [-0.2, 0) is 4.74 Å². The third-order valence-corrected chi connectivity index (χ3v) is 3.20. The molecule has 1 unspecified atom stereocenters. The highest BCUT2D eigenvalue weighted by Crippen LogP contribution is 2.32. The third-order valence-electron chi connectivity index (χ3n) is 3.20. The summed E-state index contributed by atoms with van der Waals surface area (Å²) >= 11 is 0. The molecule has 0 bridgehead atoms. The van der Waals surface area contributed by atoms with Gasteiger partial charge in [0.25, 0.3) is 5.56 Å². The Morgan fingerprint density at radius 1 is 1.60 bits per heavy atom. The number of nitrogen functional groups attached to an aromatic ring is 1. The van der Waals surface area contributed by atoms with Crippen molar-refractivity contribution in [1.29, 1.82) is 0 Å². The lowest BCUT2D eigenvalue weighted by atomic mass is 10.1. The summed E-state index contributed by atoms with van der Waals surface area (Å²) in [6.07, 6.45) is -4.36. The van der Waals surface area contributed by atoms with E-state index in [2.05, 4.69) is 15.0 Å². The maximum absolute atomic E-state index is 14.0. The van der Waals surface area contributed by atoms with E-state index in [1.165, 1.54) is 10.9 Å². The number of nitrogens with two attached hydrogens (primary N) is 1. The number of fused-ring (bicyclic) bond motifs is 1. The van der Waals surface area contributed by atoms with Crippen LogP contribution in [0.15, 0.2) is 11.1 Å². The maximum Gasteiger partial charge on any atom is 0.280 e. The van der Waals surface area contributed by atoms with E-state index in [1.54, 1.807) is 0 Å². The van der Waals surface area contributed by atoms with Crippen molar-refractivity contribution in [3.05, 3.63) is 16.7 Å². The highest BCUT2D eigenvalue weighted by Gasteiger charge is 2.45. The third kappa shape index (κ3) is 1.77. The summed E-state index contributed by atoms with van der Waals surface area (Å²) in [4.78, 5) is 21.6. The van der Waals surface area contributed by atoms with Gasteiger partial charge < -0.3 is 20.7 Å². The number of aliphatic hydroxyl groups is 2. The predicted molar refractivity (Wildman–Crippen MR) is 64.5 cm³/mol. The lowest BCUT2D eigenvalue weighted by molar-refractivity contribution is -0.0459. The van der Waals surface area contributed by atoms with E-state index in [9.17, 15) is 14.3 Å². The molecule has 0 amide bonds. The van der Waals surface area contributed by atoms with Crippen molar-refractivity contribution in [3.63, 3.8) is 0 Å². The molecule has 5 N–H and O–H groups in total. The molecule has 0 radical (unpaired) electrons. The van der Waals surface area contributed by atoms with Gasteiger partial charge in [0.15, 0.2) is 23.6 Å². The minimum absolute atomic E-state index is 0.0167. The molecule has 1 aliphatic heterocycles. The molecule has 2 aromatic rings. The highest BCUT2D eigenvalue weighted by molar-refractivity contribution is 5.70. The van der Waals surface area contributed by atoms with Crippen molar-refractivity contribution in [1.82, 2.24) is 19.5 Å². The SMILES string of the molecule is Nc1nc2c(ncn2C2O[C@@H](CO)[C@H](O)[C@H]2F)c(=O)[nH]1. The van der Waals surface area contributed by atoms with Crippen molar-refractivity contribution in [2.75, 3.05) is 12.3 Å². The summed E-state index contributed by atoms with van der Waals surface area (Å²) in [6, 6.07) is 0. The molecule has 20 heavy (non-hydrogen) atoms. The maximum atomic E-state index is 14.0. The number of aliphatic hydroxyl groups excluding tert-OH is 2. The molecule has 3 heterocycles. The Morgan fingerprint density at radius 3 is 3.00 bits per heavy atom. The summed E-state index contributed by atoms with van der Waals surface area (Å²) in [6.45, 7) is -0.527. The molecule has 0 spiro atoms. The topological polar surface area (TPSA) is 139 Å². The molecule has 3 rings (SSSR count).